The number of imidazole rings is 1. The van der Waals surface area contributed by atoms with E-state index in [9.17, 15) is 0 Å². The fourth-order valence-corrected chi connectivity index (χ4v) is 3.65. The van der Waals surface area contributed by atoms with Gasteiger partial charge in [0.2, 0.25) is 0 Å². The number of hydrogen-bond acceptors (Lipinski definition) is 4. The molecule has 3 aromatic rings. The maximum absolute atomic E-state index is 5.49. The van der Waals surface area contributed by atoms with Crippen LogP contribution in [0.15, 0.2) is 35.8 Å². The number of hydrogen-bond donors (Lipinski definition) is 0. The summed E-state index contributed by atoms with van der Waals surface area (Å²) in [5.74, 6) is 1.65. The smallest absolute Gasteiger partial charge is 0.160 e. The normalized spacial score (nSPS) is 16.6. The Bertz CT molecular complexity index is 729. The first-order valence-electron chi connectivity index (χ1n) is 7.33. The first-order chi connectivity index (χ1) is 10.4. The first-order valence-corrected chi connectivity index (χ1v) is 8.21. The molecule has 3 aromatic heterocycles. The monoisotopic (exact) mass is 299 g/mol. The van der Waals surface area contributed by atoms with E-state index in [-0.39, 0.29) is 0 Å². The highest BCUT2D eigenvalue weighted by atomic mass is 32.1. The SMILES string of the molecule is c1csc(Cn2c(C3CCOCC3)nc3cccnc32)c1. The molecular formula is C16H17N3OS. The Morgan fingerprint density at radius 3 is 2.95 bits per heavy atom. The highest BCUT2D eigenvalue weighted by molar-refractivity contribution is 7.09. The van der Waals surface area contributed by atoms with Crippen LogP contribution in [0.1, 0.15) is 29.5 Å². The van der Waals surface area contributed by atoms with Crippen molar-refractivity contribution in [2.45, 2.75) is 25.3 Å². The molecule has 1 saturated heterocycles. The molecule has 1 fully saturated rings. The van der Waals surface area contributed by atoms with Gasteiger partial charge >= 0.3 is 0 Å². The molecule has 4 nitrogen and oxygen atoms in total. The third-order valence-corrected chi connectivity index (χ3v) is 4.87. The highest BCUT2D eigenvalue weighted by Crippen LogP contribution is 2.29. The second-order valence-electron chi connectivity index (χ2n) is 5.37. The Kier molecular flexibility index (Phi) is 3.45. The average Bonchev–Trinajstić information content (AvgIpc) is 3.17. The minimum Gasteiger partial charge on any atom is -0.381 e. The van der Waals surface area contributed by atoms with Crippen molar-refractivity contribution in [3.05, 3.63) is 46.5 Å². The van der Waals surface area contributed by atoms with Crippen LogP contribution in [0.25, 0.3) is 11.2 Å². The minimum atomic E-state index is 0.480. The molecule has 0 amide bonds. The summed E-state index contributed by atoms with van der Waals surface area (Å²) in [6.45, 7) is 2.53. The van der Waals surface area contributed by atoms with E-state index >= 15 is 0 Å². The Labute approximate surface area is 127 Å². The predicted molar refractivity (Wildman–Crippen MR) is 83.7 cm³/mol. The Morgan fingerprint density at radius 1 is 1.24 bits per heavy atom. The Balaban J connectivity index is 1.80. The van der Waals surface area contributed by atoms with Crippen molar-refractivity contribution in [1.29, 1.82) is 0 Å². The topological polar surface area (TPSA) is 39.9 Å². The third-order valence-electron chi connectivity index (χ3n) is 4.01. The third kappa shape index (κ3) is 2.47. The van der Waals surface area contributed by atoms with Crippen molar-refractivity contribution >= 4 is 22.5 Å². The molecule has 0 spiro atoms. The molecule has 0 aromatic carbocycles. The largest absolute Gasteiger partial charge is 0.381 e. The number of aromatic nitrogens is 3. The van der Waals surface area contributed by atoms with Gasteiger partial charge in [-0.05, 0) is 36.4 Å². The van der Waals surface area contributed by atoms with Crippen LogP contribution >= 0.6 is 11.3 Å². The zero-order valence-corrected chi connectivity index (χ0v) is 12.6. The van der Waals surface area contributed by atoms with Gasteiger partial charge in [0.25, 0.3) is 0 Å². The zero-order chi connectivity index (χ0) is 14.1. The lowest BCUT2D eigenvalue weighted by Crippen LogP contribution is -2.18. The molecule has 0 N–H and O–H groups in total. The first kappa shape index (κ1) is 13.0. The van der Waals surface area contributed by atoms with E-state index in [2.05, 4.69) is 33.1 Å². The van der Waals surface area contributed by atoms with Crippen molar-refractivity contribution < 1.29 is 4.74 Å². The summed E-state index contributed by atoms with van der Waals surface area (Å²) < 4.78 is 7.78. The van der Waals surface area contributed by atoms with Gasteiger partial charge in [0.15, 0.2) is 5.65 Å². The van der Waals surface area contributed by atoms with Crippen molar-refractivity contribution in [3.63, 3.8) is 0 Å². The minimum absolute atomic E-state index is 0.480. The van der Waals surface area contributed by atoms with Gasteiger partial charge < -0.3 is 9.30 Å². The highest BCUT2D eigenvalue weighted by Gasteiger charge is 2.23. The molecule has 4 heterocycles. The maximum Gasteiger partial charge on any atom is 0.160 e. The lowest BCUT2D eigenvalue weighted by Gasteiger charge is -2.22. The van der Waals surface area contributed by atoms with Gasteiger partial charge in [0.05, 0.1) is 6.54 Å². The van der Waals surface area contributed by atoms with Crippen molar-refractivity contribution in [2.75, 3.05) is 13.2 Å². The second-order valence-corrected chi connectivity index (χ2v) is 6.40. The predicted octanol–water partition coefficient (Wildman–Crippen LogP) is 3.44. The molecule has 5 heteroatoms. The number of fused-ring (bicyclic) bond motifs is 1. The van der Waals surface area contributed by atoms with Gasteiger partial charge in [0.1, 0.15) is 11.3 Å². The van der Waals surface area contributed by atoms with Crippen molar-refractivity contribution in [1.82, 2.24) is 14.5 Å². The van der Waals surface area contributed by atoms with Crippen LogP contribution < -0.4 is 0 Å². The van der Waals surface area contributed by atoms with E-state index in [1.807, 2.05) is 12.3 Å². The molecule has 0 radical (unpaired) electrons. The Hall–Kier alpha value is -1.72. The zero-order valence-electron chi connectivity index (χ0n) is 11.7. The van der Waals surface area contributed by atoms with Gasteiger partial charge in [-0.1, -0.05) is 6.07 Å². The molecule has 108 valence electrons. The van der Waals surface area contributed by atoms with Gasteiger partial charge in [0, 0.05) is 30.2 Å². The summed E-state index contributed by atoms with van der Waals surface area (Å²) in [5, 5.41) is 2.12. The van der Waals surface area contributed by atoms with Crippen LogP contribution in [0.5, 0.6) is 0 Å². The fourth-order valence-electron chi connectivity index (χ4n) is 2.96. The van der Waals surface area contributed by atoms with E-state index in [1.54, 1.807) is 11.3 Å². The quantitative estimate of drug-likeness (QED) is 0.744. The molecule has 4 rings (SSSR count). The van der Waals surface area contributed by atoms with Crippen LogP contribution in [0.3, 0.4) is 0 Å². The van der Waals surface area contributed by atoms with Gasteiger partial charge in [-0.25, -0.2) is 9.97 Å². The van der Waals surface area contributed by atoms with Crippen molar-refractivity contribution in [3.8, 4) is 0 Å². The number of ether oxygens (including phenoxy) is 1. The summed E-state index contributed by atoms with van der Waals surface area (Å²) >= 11 is 1.78. The van der Waals surface area contributed by atoms with Crippen molar-refractivity contribution in [2.24, 2.45) is 0 Å². The molecule has 1 aliphatic heterocycles. The lowest BCUT2D eigenvalue weighted by molar-refractivity contribution is 0.0830. The molecular weight excluding hydrogens is 282 g/mol. The fraction of sp³-hybridized carbons (Fsp3) is 0.375. The molecule has 1 aliphatic rings. The van der Waals surface area contributed by atoms with Crippen LogP contribution in [0.4, 0.5) is 0 Å². The molecule has 0 unspecified atom stereocenters. The lowest BCUT2D eigenvalue weighted by atomic mass is 9.99. The standard InChI is InChI=1S/C16H17N3OS/c1-4-14-16(17-7-1)19(11-13-3-2-10-21-13)15(18-14)12-5-8-20-9-6-12/h1-4,7,10,12H,5-6,8-9,11H2. The summed E-state index contributed by atoms with van der Waals surface area (Å²) in [7, 11) is 0. The number of pyridine rings is 1. The maximum atomic E-state index is 5.49. The van der Waals surface area contributed by atoms with E-state index in [1.165, 1.54) is 10.7 Å². The molecule has 0 atom stereocenters. The summed E-state index contributed by atoms with van der Waals surface area (Å²) in [6.07, 6.45) is 3.95. The molecule has 0 bridgehead atoms. The number of thiophene rings is 1. The summed E-state index contributed by atoms with van der Waals surface area (Å²) in [6, 6.07) is 8.28. The molecule has 21 heavy (non-hydrogen) atoms. The average molecular weight is 299 g/mol. The van der Waals surface area contributed by atoms with Crippen LogP contribution in [0.2, 0.25) is 0 Å². The number of nitrogens with zero attached hydrogens (tertiary/aromatic N) is 3. The second kappa shape index (κ2) is 5.58. The van der Waals surface area contributed by atoms with E-state index < -0.39 is 0 Å². The van der Waals surface area contributed by atoms with E-state index in [0.29, 0.717) is 5.92 Å². The van der Waals surface area contributed by atoms with Crippen LogP contribution in [0, 0.1) is 0 Å². The van der Waals surface area contributed by atoms with Gasteiger partial charge in [-0.3, -0.25) is 0 Å². The molecule has 0 aliphatic carbocycles. The van der Waals surface area contributed by atoms with Crippen LogP contribution in [-0.2, 0) is 11.3 Å². The summed E-state index contributed by atoms with van der Waals surface area (Å²) in [4.78, 5) is 10.8. The van der Waals surface area contributed by atoms with Gasteiger partial charge in [-0.2, -0.15) is 0 Å². The van der Waals surface area contributed by atoms with Crippen LogP contribution in [-0.4, -0.2) is 27.7 Å². The number of rotatable bonds is 3. The van der Waals surface area contributed by atoms with E-state index in [0.717, 1.165) is 43.8 Å². The Morgan fingerprint density at radius 2 is 2.14 bits per heavy atom. The molecule has 0 saturated carbocycles. The van der Waals surface area contributed by atoms with E-state index in [4.69, 9.17) is 9.72 Å². The summed E-state index contributed by atoms with van der Waals surface area (Å²) in [5.41, 5.74) is 1.99. The van der Waals surface area contributed by atoms with Gasteiger partial charge in [-0.15, -0.1) is 11.3 Å².